The Balaban J connectivity index is 2.70. The third kappa shape index (κ3) is 1.33. The maximum atomic E-state index is 4.29. The number of H-pyrrole nitrogens is 1. The zero-order valence-electron chi connectivity index (χ0n) is 7.33. The highest BCUT2D eigenvalue weighted by Gasteiger charge is 2.06. The Bertz CT molecular complexity index is 424. The summed E-state index contributed by atoms with van der Waals surface area (Å²) in [5.41, 5.74) is 0.767. The SMILES string of the molecule is CNc1nc(SC)nc2[nH]ncc12. The average molecular weight is 195 g/mol. The van der Waals surface area contributed by atoms with Crippen molar-refractivity contribution in [1.29, 1.82) is 0 Å². The molecule has 0 aliphatic rings. The van der Waals surface area contributed by atoms with Gasteiger partial charge in [0.2, 0.25) is 0 Å². The van der Waals surface area contributed by atoms with E-state index in [4.69, 9.17) is 0 Å². The number of nitrogens with zero attached hydrogens (tertiary/aromatic N) is 3. The first-order valence-corrected chi connectivity index (χ1v) is 5.00. The highest BCUT2D eigenvalue weighted by molar-refractivity contribution is 7.98. The topological polar surface area (TPSA) is 66.5 Å². The third-order valence-corrected chi connectivity index (χ3v) is 2.26. The van der Waals surface area contributed by atoms with E-state index in [0.717, 1.165) is 22.0 Å². The minimum atomic E-state index is 0.737. The van der Waals surface area contributed by atoms with Gasteiger partial charge < -0.3 is 5.32 Å². The molecule has 0 aliphatic heterocycles. The lowest BCUT2D eigenvalue weighted by molar-refractivity contribution is 0.985. The predicted octanol–water partition coefficient (Wildman–Crippen LogP) is 1.12. The summed E-state index contributed by atoms with van der Waals surface area (Å²) >= 11 is 1.51. The minimum absolute atomic E-state index is 0.737. The van der Waals surface area contributed by atoms with Gasteiger partial charge >= 0.3 is 0 Å². The number of thioether (sulfide) groups is 1. The van der Waals surface area contributed by atoms with Crippen molar-refractivity contribution < 1.29 is 0 Å². The van der Waals surface area contributed by atoms with E-state index >= 15 is 0 Å². The summed E-state index contributed by atoms with van der Waals surface area (Å²) in [5.74, 6) is 0.808. The molecule has 68 valence electrons. The molecule has 6 heteroatoms. The van der Waals surface area contributed by atoms with Gasteiger partial charge in [-0.25, -0.2) is 9.97 Å². The number of aromatic amines is 1. The fourth-order valence-corrected chi connectivity index (χ4v) is 1.46. The summed E-state index contributed by atoms with van der Waals surface area (Å²) in [5, 5.41) is 11.4. The van der Waals surface area contributed by atoms with Crippen molar-refractivity contribution >= 4 is 28.6 Å². The van der Waals surface area contributed by atoms with Crippen molar-refractivity contribution in [3.05, 3.63) is 6.20 Å². The molecule has 5 nitrogen and oxygen atoms in total. The van der Waals surface area contributed by atoms with Gasteiger partial charge in [0.1, 0.15) is 5.82 Å². The lowest BCUT2D eigenvalue weighted by Gasteiger charge is -2.01. The Morgan fingerprint density at radius 2 is 2.31 bits per heavy atom. The molecule has 13 heavy (non-hydrogen) atoms. The molecule has 0 saturated heterocycles. The summed E-state index contributed by atoms with van der Waals surface area (Å²) < 4.78 is 0. The number of nitrogens with one attached hydrogen (secondary N) is 2. The van der Waals surface area contributed by atoms with E-state index in [1.807, 2.05) is 13.3 Å². The molecule has 2 aromatic heterocycles. The van der Waals surface area contributed by atoms with E-state index < -0.39 is 0 Å². The van der Waals surface area contributed by atoms with Gasteiger partial charge in [-0.05, 0) is 6.26 Å². The molecule has 0 radical (unpaired) electrons. The summed E-state index contributed by atoms with van der Waals surface area (Å²) in [6.45, 7) is 0. The predicted molar refractivity (Wildman–Crippen MR) is 53.0 cm³/mol. The van der Waals surface area contributed by atoms with Gasteiger partial charge in [-0.3, -0.25) is 5.10 Å². The lowest BCUT2D eigenvalue weighted by atomic mass is 10.4. The maximum Gasteiger partial charge on any atom is 0.191 e. The monoisotopic (exact) mass is 195 g/mol. The molecule has 2 heterocycles. The lowest BCUT2D eigenvalue weighted by Crippen LogP contribution is -1.96. The van der Waals surface area contributed by atoms with E-state index in [0.29, 0.717) is 0 Å². The van der Waals surface area contributed by atoms with Crippen molar-refractivity contribution in [2.75, 3.05) is 18.6 Å². The van der Waals surface area contributed by atoms with Crippen LogP contribution in [-0.4, -0.2) is 33.5 Å². The Morgan fingerprint density at radius 1 is 1.46 bits per heavy atom. The van der Waals surface area contributed by atoms with Crippen molar-refractivity contribution in [3.63, 3.8) is 0 Å². The molecule has 0 bridgehead atoms. The zero-order chi connectivity index (χ0) is 9.26. The van der Waals surface area contributed by atoms with Crippen LogP contribution < -0.4 is 5.32 Å². The van der Waals surface area contributed by atoms with Crippen molar-refractivity contribution in [1.82, 2.24) is 20.2 Å². The normalized spacial score (nSPS) is 10.6. The standard InChI is InChI=1S/C7H9N5S/c1-8-5-4-3-9-12-6(4)11-7(10-5)13-2/h3H,1-2H3,(H2,8,9,10,11,12). The molecular weight excluding hydrogens is 186 g/mol. The van der Waals surface area contributed by atoms with E-state index in [9.17, 15) is 0 Å². The second kappa shape index (κ2) is 3.21. The fraction of sp³-hybridized carbons (Fsp3) is 0.286. The van der Waals surface area contributed by atoms with Crippen LogP contribution in [0.3, 0.4) is 0 Å². The Hall–Kier alpha value is -1.30. The second-order valence-corrected chi connectivity index (χ2v) is 3.21. The van der Waals surface area contributed by atoms with Crippen LogP contribution in [0.25, 0.3) is 11.0 Å². The van der Waals surface area contributed by atoms with Crippen LogP contribution in [-0.2, 0) is 0 Å². The fourth-order valence-electron chi connectivity index (χ4n) is 1.10. The largest absolute Gasteiger partial charge is 0.372 e. The molecule has 2 aromatic rings. The van der Waals surface area contributed by atoms with Crippen molar-refractivity contribution in [3.8, 4) is 0 Å². The number of hydrogen-bond donors (Lipinski definition) is 2. The van der Waals surface area contributed by atoms with Gasteiger partial charge in [0.25, 0.3) is 0 Å². The molecule has 2 rings (SSSR count). The molecule has 0 amide bonds. The molecular formula is C7H9N5S. The van der Waals surface area contributed by atoms with E-state index in [1.54, 1.807) is 6.20 Å². The van der Waals surface area contributed by atoms with Crippen molar-refractivity contribution in [2.45, 2.75) is 5.16 Å². The number of anilines is 1. The number of hydrogen-bond acceptors (Lipinski definition) is 5. The first kappa shape index (κ1) is 8.31. The summed E-state index contributed by atoms with van der Waals surface area (Å²) in [7, 11) is 1.83. The van der Waals surface area contributed by atoms with Crippen LogP contribution in [0.15, 0.2) is 11.4 Å². The third-order valence-electron chi connectivity index (χ3n) is 1.71. The van der Waals surface area contributed by atoms with Crippen LogP contribution in [0.5, 0.6) is 0 Å². The number of rotatable bonds is 2. The average Bonchev–Trinajstić information content (AvgIpc) is 2.63. The van der Waals surface area contributed by atoms with E-state index in [-0.39, 0.29) is 0 Å². The van der Waals surface area contributed by atoms with Crippen LogP contribution in [0.1, 0.15) is 0 Å². The summed E-state index contributed by atoms with van der Waals surface area (Å²) in [4.78, 5) is 8.55. The Labute approximate surface area is 79.4 Å². The minimum Gasteiger partial charge on any atom is -0.372 e. The quantitative estimate of drug-likeness (QED) is 0.555. The molecule has 0 atom stereocenters. The Morgan fingerprint density at radius 3 is 3.00 bits per heavy atom. The Kier molecular flexibility index (Phi) is 2.05. The van der Waals surface area contributed by atoms with Crippen molar-refractivity contribution in [2.24, 2.45) is 0 Å². The number of fused-ring (bicyclic) bond motifs is 1. The van der Waals surface area contributed by atoms with E-state index in [2.05, 4.69) is 25.5 Å². The molecule has 0 spiro atoms. The van der Waals surface area contributed by atoms with Gasteiger partial charge in [-0.15, -0.1) is 0 Å². The molecule has 0 aromatic carbocycles. The molecule has 0 fully saturated rings. The van der Waals surface area contributed by atoms with Crippen LogP contribution in [0.4, 0.5) is 5.82 Å². The van der Waals surface area contributed by atoms with Gasteiger partial charge in [-0.1, -0.05) is 11.8 Å². The maximum absolute atomic E-state index is 4.29. The highest BCUT2D eigenvalue weighted by atomic mass is 32.2. The molecule has 0 aliphatic carbocycles. The van der Waals surface area contributed by atoms with Gasteiger partial charge in [0.05, 0.1) is 11.6 Å². The van der Waals surface area contributed by atoms with E-state index in [1.165, 1.54) is 11.8 Å². The van der Waals surface area contributed by atoms with Gasteiger partial charge in [0.15, 0.2) is 10.8 Å². The summed E-state index contributed by atoms with van der Waals surface area (Å²) in [6.07, 6.45) is 3.66. The van der Waals surface area contributed by atoms with Crippen LogP contribution in [0.2, 0.25) is 0 Å². The second-order valence-electron chi connectivity index (χ2n) is 2.44. The summed E-state index contributed by atoms with van der Waals surface area (Å²) in [6, 6.07) is 0. The van der Waals surface area contributed by atoms with Crippen LogP contribution in [0, 0.1) is 0 Å². The van der Waals surface area contributed by atoms with Gasteiger partial charge in [-0.2, -0.15) is 5.10 Å². The van der Waals surface area contributed by atoms with Gasteiger partial charge in [0, 0.05) is 7.05 Å². The smallest absolute Gasteiger partial charge is 0.191 e. The first-order valence-electron chi connectivity index (χ1n) is 3.78. The zero-order valence-corrected chi connectivity index (χ0v) is 8.14. The molecule has 2 N–H and O–H groups in total. The van der Waals surface area contributed by atoms with Crippen LogP contribution >= 0.6 is 11.8 Å². The molecule has 0 saturated carbocycles. The highest BCUT2D eigenvalue weighted by Crippen LogP contribution is 2.20. The number of aromatic nitrogens is 4. The first-order chi connectivity index (χ1) is 6.35. The molecule has 0 unspecified atom stereocenters.